The predicted molar refractivity (Wildman–Crippen MR) is 114 cm³/mol. The summed E-state index contributed by atoms with van der Waals surface area (Å²) in [6.07, 6.45) is 1.25. The summed E-state index contributed by atoms with van der Waals surface area (Å²) in [5, 5.41) is 22.9. The third-order valence-corrected chi connectivity index (χ3v) is 4.73. The number of benzene rings is 2. The zero-order valence-corrected chi connectivity index (χ0v) is 17.1. The number of carbonyl (C=O) groups is 1. The van der Waals surface area contributed by atoms with Gasteiger partial charge in [-0.25, -0.2) is 0 Å². The second-order valence-electron chi connectivity index (χ2n) is 5.87. The van der Waals surface area contributed by atoms with Crippen LogP contribution in [0.15, 0.2) is 58.5 Å². The Hall–Kier alpha value is -3.31. The fourth-order valence-electron chi connectivity index (χ4n) is 2.46. The zero-order chi connectivity index (χ0) is 21.8. The SMILES string of the molecule is N#C/C(=C\c1ccc(-c2ccc(Cl)cc2)o1)C(=O)Nc1c(Cl)cc([N+](=O)[O-])cc1Cl. The molecule has 7 nitrogen and oxygen atoms in total. The normalized spacial score (nSPS) is 11.1. The maximum atomic E-state index is 12.5. The highest BCUT2D eigenvalue weighted by Gasteiger charge is 2.18. The lowest BCUT2D eigenvalue weighted by molar-refractivity contribution is -0.384. The summed E-state index contributed by atoms with van der Waals surface area (Å²) in [5.74, 6) is -0.00999. The molecule has 0 aliphatic heterocycles. The second-order valence-corrected chi connectivity index (χ2v) is 7.13. The van der Waals surface area contributed by atoms with Gasteiger partial charge in [0.1, 0.15) is 23.2 Å². The monoisotopic (exact) mass is 461 g/mol. The molecule has 3 aromatic rings. The Kier molecular flexibility index (Phi) is 6.43. The van der Waals surface area contributed by atoms with Crippen LogP contribution in [0.25, 0.3) is 17.4 Å². The summed E-state index contributed by atoms with van der Waals surface area (Å²) in [6, 6.07) is 14.1. The molecule has 0 aliphatic rings. The number of nitrogens with one attached hydrogen (secondary N) is 1. The van der Waals surface area contributed by atoms with Crippen molar-refractivity contribution in [2.24, 2.45) is 0 Å². The number of nitro groups is 1. The molecule has 0 atom stereocenters. The molecule has 150 valence electrons. The van der Waals surface area contributed by atoms with Gasteiger partial charge in [0.05, 0.1) is 20.7 Å². The lowest BCUT2D eigenvalue weighted by Gasteiger charge is -2.08. The third-order valence-electron chi connectivity index (χ3n) is 3.88. The van der Waals surface area contributed by atoms with Crippen LogP contribution in [0.5, 0.6) is 0 Å². The molecule has 0 fully saturated rings. The Morgan fingerprint density at radius 2 is 1.73 bits per heavy atom. The van der Waals surface area contributed by atoms with Gasteiger partial charge >= 0.3 is 0 Å². The standard InChI is InChI=1S/C20H10Cl3N3O4/c21-13-3-1-11(2-4-13)18-6-5-15(30-18)7-12(10-24)20(27)25-19-16(22)8-14(26(28)29)9-17(19)23/h1-9H,(H,25,27)/b12-7+. The highest BCUT2D eigenvalue weighted by molar-refractivity contribution is 6.40. The third kappa shape index (κ3) is 4.81. The minimum Gasteiger partial charge on any atom is -0.457 e. The number of anilines is 1. The van der Waals surface area contributed by atoms with Crippen LogP contribution in [0.3, 0.4) is 0 Å². The van der Waals surface area contributed by atoms with Crippen LogP contribution < -0.4 is 5.32 Å². The molecule has 10 heteroatoms. The van der Waals surface area contributed by atoms with Gasteiger partial charge in [0.15, 0.2) is 0 Å². The first-order chi connectivity index (χ1) is 14.3. The van der Waals surface area contributed by atoms with Crippen molar-refractivity contribution < 1.29 is 14.1 Å². The molecule has 1 amide bonds. The van der Waals surface area contributed by atoms with E-state index in [1.54, 1.807) is 42.5 Å². The van der Waals surface area contributed by atoms with Gasteiger partial charge in [0, 0.05) is 28.8 Å². The maximum Gasteiger partial charge on any atom is 0.272 e. The molecule has 1 aromatic heterocycles. The number of hydrogen-bond acceptors (Lipinski definition) is 5. The van der Waals surface area contributed by atoms with Crippen LogP contribution in [-0.2, 0) is 4.79 Å². The van der Waals surface area contributed by atoms with E-state index in [0.717, 1.165) is 17.7 Å². The molecule has 2 aromatic carbocycles. The molecule has 0 unspecified atom stereocenters. The summed E-state index contributed by atoms with van der Waals surface area (Å²) >= 11 is 17.8. The molecule has 1 heterocycles. The molecule has 0 spiro atoms. The Bertz CT molecular complexity index is 1190. The molecule has 0 bridgehead atoms. The molecular formula is C20H10Cl3N3O4. The first-order valence-electron chi connectivity index (χ1n) is 8.21. The van der Waals surface area contributed by atoms with Gasteiger partial charge in [0.2, 0.25) is 0 Å². The van der Waals surface area contributed by atoms with Crippen LogP contribution in [0.4, 0.5) is 11.4 Å². The average Bonchev–Trinajstić information content (AvgIpc) is 3.17. The molecule has 3 rings (SSSR count). The van der Waals surface area contributed by atoms with Crippen LogP contribution in [0.2, 0.25) is 15.1 Å². The Balaban J connectivity index is 1.84. The lowest BCUT2D eigenvalue weighted by Crippen LogP contribution is -2.14. The lowest BCUT2D eigenvalue weighted by atomic mass is 10.2. The number of furan rings is 1. The van der Waals surface area contributed by atoms with Crippen molar-refractivity contribution in [3.05, 3.63) is 85.0 Å². The van der Waals surface area contributed by atoms with Crippen LogP contribution in [0.1, 0.15) is 5.76 Å². The molecule has 0 radical (unpaired) electrons. The average molecular weight is 463 g/mol. The van der Waals surface area contributed by atoms with E-state index >= 15 is 0 Å². The number of nitriles is 1. The minimum absolute atomic E-state index is 0.0450. The second kappa shape index (κ2) is 9.01. The zero-order valence-electron chi connectivity index (χ0n) is 14.9. The highest BCUT2D eigenvalue weighted by Crippen LogP contribution is 2.35. The largest absolute Gasteiger partial charge is 0.457 e. The number of hydrogen-bond donors (Lipinski definition) is 1. The van der Waals surface area contributed by atoms with Gasteiger partial charge in [-0.15, -0.1) is 0 Å². The van der Waals surface area contributed by atoms with E-state index in [2.05, 4.69) is 5.32 Å². The quantitative estimate of drug-likeness (QED) is 0.205. The molecule has 0 aliphatic carbocycles. The van der Waals surface area contributed by atoms with E-state index in [9.17, 15) is 20.2 Å². The number of amides is 1. The van der Waals surface area contributed by atoms with Crippen molar-refractivity contribution in [3.8, 4) is 17.4 Å². The smallest absolute Gasteiger partial charge is 0.272 e. The summed E-state index contributed by atoms with van der Waals surface area (Å²) in [6.45, 7) is 0. The van der Waals surface area contributed by atoms with Gasteiger partial charge in [-0.3, -0.25) is 14.9 Å². The summed E-state index contributed by atoms with van der Waals surface area (Å²) < 4.78 is 5.65. The van der Waals surface area contributed by atoms with Gasteiger partial charge in [0.25, 0.3) is 11.6 Å². The van der Waals surface area contributed by atoms with Crippen molar-refractivity contribution in [2.45, 2.75) is 0 Å². The number of carbonyl (C=O) groups excluding carboxylic acids is 1. The minimum atomic E-state index is -0.806. The van der Waals surface area contributed by atoms with Gasteiger partial charge in [-0.2, -0.15) is 5.26 Å². The Labute approximate surface area is 185 Å². The van der Waals surface area contributed by atoms with E-state index in [0.29, 0.717) is 10.8 Å². The van der Waals surface area contributed by atoms with E-state index in [4.69, 9.17) is 39.2 Å². The van der Waals surface area contributed by atoms with Gasteiger partial charge < -0.3 is 9.73 Å². The first kappa shape index (κ1) is 21.4. The molecule has 30 heavy (non-hydrogen) atoms. The number of non-ortho nitro benzene ring substituents is 1. The number of rotatable bonds is 5. The number of nitrogens with zero attached hydrogens (tertiary/aromatic N) is 2. The van der Waals surface area contributed by atoms with Crippen molar-refractivity contribution in [1.82, 2.24) is 0 Å². The van der Waals surface area contributed by atoms with Gasteiger partial charge in [-0.05, 0) is 36.4 Å². The van der Waals surface area contributed by atoms with Crippen molar-refractivity contribution >= 4 is 58.2 Å². The number of halogens is 3. The topological polar surface area (TPSA) is 109 Å². The Morgan fingerprint density at radius 3 is 2.30 bits per heavy atom. The van der Waals surface area contributed by atoms with Crippen molar-refractivity contribution in [1.29, 1.82) is 5.26 Å². The summed E-state index contributed by atoms with van der Waals surface area (Å²) in [5.41, 5.74) is 0.115. The predicted octanol–water partition coefficient (Wildman–Crippen LogP) is 6.36. The molecule has 0 saturated carbocycles. The van der Waals surface area contributed by atoms with Crippen LogP contribution in [0, 0.1) is 21.4 Å². The van der Waals surface area contributed by atoms with E-state index in [-0.39, 0.29) is 32.8 Å². The molecular weight excluding hydrogens is 453 g/mol. The molecule has 0 saturated heterocycles. The van der Waals surface area contributed by atoms with Crippen LogP contribution >= 0.6 is 34.8 Å². The highest BCUT2D eigenvalue weighted by atomic mass is 35.5. The maximum absolute atomic E-state index is 12.5. The number of nitro benzene ring substituents is 1. The summed E-state index contributed by atoms with van der Waals surface area (Å²) in [4.78, 5) is 22.7. The Morgan fingerprint density at radius 1 is 1.10 bits per heavy atom. The first-order valence-corrected chi connectivity index (χ1v) is 9.34. The van der Waals surface area contributed by atoms with E-state index < -0.39 is 10.8 Å². The van der Waals surface area contributed by atoms with E-state index in [1.165, 1.54) is 6.08 Å². The summed E-state index contributed by atoms with van der Waals surface area (Å²) in [7, 11) is 0. The van der Waals surface area contributed by atoms with Gasteiger partial charge in [-0.1, -0.05) is 34.8 Å². The fourth-order valence-corrected chi connectivity index (χ4v) is 3.15. The van der Waals surface area contributed by atoms with Crippen molar-refractivity contribution in [2.75, 3.05) is 5.32 Å². The van der Waals surface area contributed by atoms with Crippen LogP contribution in [-0.4, -0.2) is 10.8 Å². The van der Waals surface area contributed by atoms with Crippen molar-refractivity contribution in [3.63, 3.8) is 0 Å². The fraction of sp³-hybridized carbons (Fsp3) is 0. The molecule has 1 N–H and O–H groups in total. The van der Waals surface area contributed by atoms with E-state index in [1.807, 2.05) is 0 Å².